The van der Waals surface area contributed by atoms with Gasteiger partial charge in [-0.1, -0.05) is 0 Å². The van der Waals surface area contributed by atoms with Crippen LogP contribution in [0.15, 0.2) is 30.7 Å². The molecule has 1 aromatic carbocycles. The smallest absolute Gasteiger partial charge is 0.323 e. The van der Waals surface area contributed by atoms with Gasteiger partial charge in [-0.3, -0.25) is 4.79 Å². The highest BCUT2D eigenvalue weighted by Crippen LogP contribution is 2.29. The summed E-state index contributed by atoms with van der Waals surface area (Å²) in [7, 11) is 1.48. The summed E-state index contributed by atoms with van der Waals surface area (Å²) < 4.78 is 19.7. The van der Waals surface area contributed by atoms with Crippen LogP contribution < -0.4 is 4.74 Å². The first-order chi connectivity index (χ1) is 8.60. The SMILES string of the molecule is COc1ccc(F)cc1-c1cn(CC(=O)O)cn1. The summed E-state index contributed by atoms with van der Waals surface area (Å²) in [6, 6.07) is 4.09. The maximum absolute atomic E-state index is 13.2. The Morgan fingerprint density at radius 3 is 3.00 bits per heavy atom. The van der Waals surface area contributed by atoms with Gasteiger partial charge in [-0.2, -0.15) is 0 Å². The largest absolute Gasteiger partial charge is 0.496 e. The molecule has 94 valence electrons. The Morgan fingerprint density at radius 1 is 1.56 bits per heavy atom. The average molecular weight is 250 g/mol. The number of methoxy groups -OCH3 is 1. The number of aromatic nitrogens is 2. The first-order valence-electron chi connectivity index (χ1n) is 5.17. The first kappa shape index (κ1) is 12.1. The molecule has 2 aromatic rings. The summed E-state index contributed by atoms with van der Waals surface area (Å²) >= 11 is 0. The number of carboxylic acid groups (broad SMARTS) is 1. The lowest BCUT2D eigenvalue weighted by Crippen LogP contribution is -2.06. The van der Waals surface area contributed by atoms with E-state index in [-0.39, 0.29) is 6.54 Å². The van der Waals surface area contributed by atoms with Crippen LogP contribution in [0.2, 0.25) is 0 Å². The molecule has 1 aromatic heterocycles. The number of benzene rings is 1. The van der Waals surface area contributed by atoms with E-state index in [9.17, 15) is 9.18 Å². The quantitative estimate of drug-likeness (QED) is 0.898. The highest BCUT2D eigenvalue weighted by Gasteiger charge is 2.11. The number of aliphatic carboxylic acids is 1. The van der Waals surface area contributed by atoms with Crippen molar-refractivity contribution in [3.05, 3.63) is 36.5 Å². The molecule has 0 amide bonds. The van der Waals surface area contributed by atoms with Gasteiger partial charge < -0.3 is 14.4 Å². The topological polar surface area (TPSA) is 64.3 Å². The van der Waals surface area contributed by atoms with E-state index in [0.29, 0.717) is 17.0 Å². The lowest BCUT2D eigenvalue weighted by atomic mass is 10.1. The molecular formula is C12H11FN2O3. The van der Waals surface area contributed by atoms with Crippen LogP contribution in [0.1, 0.15) is 0 Å². The van der Waals surface area contributed by atoms with Gasteiger partial charge >= 0.3 is 5.97 Å². The molecule has 2 rings (SSSR count). The molecule has 6 heteroatoms. The number of nitrogens with zero attached hydrogens (tertiary/aromatic N) is 2. The van der Waals surface area contributed by atoms with Crippen LogP contribution in [0.3, 0.4) is 0 Å². The number of imidazole rings is 1. The molecule has 1 N–H and O–H groups in total. The summed E-state index contributed by atoms with van der Waals surface area (Å²) in [4.78, 5) is 14.6. The van der Waals surface area contributed by atoms with Crippen molar-refractivity contribution in [1.82, 2.24) is 9.55 Å². The van der Waals surface area contributed by atoms with Crippen LogP contribution in [0.4, 0.5) is 4.39 Å². The van der Waals surface area contributed by atoms with E-state index < -0.39 is 11.8 Å². The lowest BCUT2D eigenvalue weighted by molar-refractivity contribution is -0.137. The van der Waals surface area contributed by atoms with Crippen molar-refractivity contribution in [2.24, 2.45) is 0 Å². The highest BCUT2D eigenvalue weighted by molar-refractivity contribution is 5.68. The van der Waals surface area contributed by atoms with Crippen molar-refractivity contribution < 1.29 is 19.0 Å². The molecule has 0 aliphatic carbocycles. The monoisotopic (exact) mass is 250 g/mol. The zero-order chi connectivity index (χ0) is 13.1. The van der Waals surface area contributed by atoms with Gasteiger partial charge in [-0.25, -0.2) is 9.37 Å². The van der Waals surface area contributed by atoms with E-state index in [2.05, 4.69) is 4.98 Å². The number of carboxylic acids is 1. The molecule has 0 saturated carbocycles. The zero-order valence-corrected chi connectivity index (χ0v) is 9.63. The lowest BCUT2D eigenvalue weighted by Gasteiger charge is -2.05. The van der Waals surface area contributed by atoms with Crippen LogP contribution in [0, 0.1) is 5.82 Å². The highest BCUT2D eigenvalue weighted by atomic mass is 19.1. The Hall–Kier alpha value is -2.37. The second-order valence-corrected chi connectivity index (χ2v) is 3.67. The van der Waals surface area contributed by atoms with Gasteiger partial charge in [0, 0.05) is 11.8 Å². The molecule has 0 fully saturated rings. The maximum atomic E-state index is 13.2. The van der Waals surface area contributed by atoms with E-state index in [1.165, 1.54) is 42.4 Å². The number of rotatable bonds is 4. The standard InChI is InChI=1S/C12H11FN2O3/c1-18-11-3-2-8(13)4-9(11)10-5-15(7-14-10)6-12(16)17/h2-5,7H,6H2,1H3,(H,16,17). The fraction of sp³-hybridized carbons (Fsp3) is 0.167. The van der Waals surface area contributed by atoms with Gasteiger partial charge in [-0.15, -0.1) is 0 Å². The number of hydrogen-bond acceptors (Lipinski definition) is 3. The van der Waals surface area contributed by atoms with Gasteiger partial charge in [0.25, 0.3) is 0 Å². The third-order valence-electron chi connectivity index (χ3n) is 2.39. The average Bonchev–Trinajstić information content (AvgIpc) is 2.76. The number of carbonyl (C=O) groups is 1. The predicted octanol–water partition coefficient (Wildman–Crippen LogP) is 1.78. The molecule has 5 nitrogen and oxygen atoms in total. The molecule has 0 spiro atoms. The first-order valence-corrected chi connectivity index (χ1v) is 5.17. The van der Waals surface area contributed by atoms with Gasteiger partial charge in [0.15, 0.2) is 0 Å². The van der Waals surface area contributed by atoms with Crippen LogP contribution in [0.25, 0.3) is 11.3 Å². The van der Waals surface area contributed by atoms with Crippen LogP contribution >= 0.6 is 0 Å². The summed E-state index contributed by atoms with van der Waals surface area (Å²) in [5.41, 5.74) is 0.953. The van der Waals surface area contributed by atoms with E-state index in [1.807, 2.05) is 0 Å². The molecule has 0 unspecified atom stereocenters. The summed E-state index contributed by atoms with van der Waals surface area (Å²) in [6.45, 7) is -0.190. The maximum Gasteiger partial charge on any atom is 0.323 e. The van der Waals surface area contributed by atoms with Crippen LogP contribution in [0.5, 0.6) is 5.75 Å². The van der Waals surface area contributed by atoms with Crippen molar-refractivity contribution in [3.8, 4) is 17.0 Å². The van der Waals surface area contributed by atoms with Crippen LogP contribution in [-0.2, 0) is 11.3 Å². The van der Waals surface area contributed by atoms with Crippen LogP contribution in [-0.4, -0.2) is 27.7 Å². The molecule has 0 bridgehead atoms. The predicted molar refractivity (Wildman–Crippen MR) is 61.8 cm³/mol. The fourth-order valence-electron chi connectivity index (χ4n) is 1.62. The zero-order valence-electron chi connectivity index (χ0n) is 9.63. The van der Waals surface area contributed by atoms with Crippen molar-refractivity contribution >= 4 is 5.97 Å². The molecule has 0 radical (unpaired) electrons. The van der Waals surface area contributed by atoms with Crippen molar-refractivity contribution in [3.63, 3.8) is 0 Å². The van der Waals surface area contributed by atoms with Gasteiger partial charge in [-0.05, 0) is 18.2 Å². The Bertz CT molecular complexity index is 580. The second-order valence-electron chi connectivity index (χ2n) is 3.67. The molecule has 0 saturated heterocycles. The normalized spacial score (nSPS) is 10.3. The molecule has 0 aliphatic heterocycles. The number of ether oxygens (including phenoxy) is 1. The minimum Gasteiger partial charge on any atom is -0.496 e. The van der Waals surface area contributed by atoms with Gasteiger partial charge in [0.2, 0.25) is 0 Å². The van der Waals surface area contributed by atoms with E-state index >= 15 is 0 Å². The van der Waals surface area contributed by atoms with E-state index in [0.717, 1.165) is 0 Å². The van der Waals surface area contributed by atoms with Crippen molar-refractivity contribution in [2.45, 2.75) is 6.54 Å². The summed E-state index contributed by atoms with van der Waals surface area (Å²) in [6.07, 6.45) is 2.92. The summed E-state index contributed by atoms with van der Waals surface area (Å²) in [5, 5.41) is 8.66. The summed E-state index contributed by atoms with van der Waals surface area (Å²) in [5.74, 6) is -0.888. The molecule has 0 aliphatic rings. The van der Waals surface area contributed by atoms with Crippen molar-refractivity contribution in [2.75, 3.05) is 7.11 Å². The van der Waals surface area contributed by atoms with E-state index in [1.54, 1.807) is 0 Å². The number of hydrogen-bond donors (Lipinski definition) is 1. The Labute approximate surface area is 102 Å². The second kappa shape index (κ2) is 4.87. The molecule has 1 heterocycles. The minimum atomic E-state index is -0.967. The third kappa shape index (κ3) is 2.48. The molecule has 18 heavy (non-hydrogen) atoms. The molecule has 0 atom stereocenters. The Kier molecular flexibility index (Phi) is 3.27. The number of halogens is 1. The fourth-order valence-corrected chi connectivity index (χ4v) is 1.62. The van der Waals surface area contributed by atoms with E-state index in [4.69, 9.17) is 9.84 Å². The van der Waals surface area contributed by atoms with Gasteiger partial charge in [0.05, 0.1) is 19.1 Å². The molecular weight excluding hydrogens is 239 g/mol. The third-order valence-corrected chi connectivity index (χ3v) is 2.39. The van der Waals surface area contributed by atoms with Gasteiger partial charge in [0.1, 0.15) is 18.1 Å². The minimum absolute atomic E-state index is 0.190. The Morgan fingerprint density at radius 2 is 2.33 bits per heavy atom. The van der Waals surface area contributed by atoms with Crippen molar-refractivity contribution in [1.29, 1.82) is 0 Å². The Balaban J connectivity index is 2.38.